The molecule has 0 radical (unpaired) electrons. The van der Waals surface area contributed by atoms with E-state index >= 15 is 0 Å². The predicted molar refractivity (Wildman–Crippen MR) is 50.2 cm³/mol. The lowest BCUT2D eigenvalue weighted by molar-refractivity contribution is 0.483. The zero-order valence-corrected chi connectivity index (χ0v) is 7.79. The Kier molecular flexibility index (Phi) is 2.85. The fourth-order valence-corrected chi connectivity index (χ4v) is 1.44. The van der Waals surface area contributed by atoms with E-state index in [0.29, 0.717) is 6.42 Å². The fourth-order valence-electron chi connectivity index (χ4n) is 0.964. The molecule has 0 saturated heterocycles. The van der Waals surface area contributed by atoms with Gasteiger partial charge in [-0.2, -0.15) is 8.42 Å². The molecule has 4 heteroatoms. The molecule has 0 heterocycles. The first-order chi connectivity index (χ1) is 6.04. The molecule has 0 bridgehead atoms. The third kappa shape index (κ3) is 2.68. The molecular weight excluding hydrogens is 188 g/mol. The van der Waals surface area contributed by atoms with Gasteiger partial charge in [0.05, 0.1) is 4.90 Å². The van der Waals surface area contributed by atoms with Crippen molar-refractivity contribution in [3.05, 3.63) is 42.5 Å². The minimum Gasteiger partial charge on any atom is -0.282 e. The second-order valence-corrected chi connectivity index (χ2v) is 4.03. The van der Waals surface area contributed by atoms with Crippen molar-refractivity contribution in [3.8, 4) is 0 Å². The van der Waals surface area contributed by atoms with Gasteiger partial charge in [0, 0.05) is 0 Å². The lowest BCUT2D eigenvalue weighted by atomic mass is 10.2. The molecule has 1 aromatic carbocycles. The van der Waals surface area contributed by atoms with Crippen molar-refractivity contribution in [2.45, 2.75) is 11.3 Å². The summed E-state index contributed by atoms with van der Waals surface area (Å²) in [4.78, 5) is -0.0830. The van der Waals surface area contributed by atoms with E-state index in [4.69, 9.17) is 4.55 Å². The third-order valence-corrected chi connectivity index (χ3v) is 2.47. The summed E-state index contributed by atoms with van der Waals surface area (Å²) in [6.07, 6.45) is 2.41. The largest absolute Gasteiger partial charge is 0.294 e. The first-order valence-electron chi connectivity index (χ1n) is 3.71. The summed E-state index contributed by atoms with van der Waals surface area (Å²) in [5.41, 5.74) is 0.961. The van der Waals surface area contributed by atoms with E-state index in [0.717, 1.165) is 5.56 Å². The molecule has 0 unspecified atom stereocenters. The van der Waals surface area contributed by atoms with E-state index in [1.54, 1.807) is 18.2 Å². The van der Waals surface area contributed by atoms with Crippen LogP contribution in [0.3, 0.4) is 0 Å². The van der Waals surface area contributed by atoms with Gasteiger partial charge in [0.2, 0.25) is 0 Å². The molecule has 13 heavy (non-hydrogen) atoms. The summed E-state index contributed by atoms with van der Waals surface area (Å²) in [6, 6.07) is 6.03. The molecule has 1 rings (SSSR count). The number of hydrogen-bond donors (Lipinski definition) is 1. The molecule has 0 fully saturated rings. The van der Waals surface area contributed by atoms with Crippen molar-refractivity contribution < 1.29 is 13.0 Å². The lowest BCUT2D eigenvalue weighted by Crippen LogP contribution is -1.97. The molecule has 0 aliphatic rings. The Balaban J connectivity index is 3.01. The summed E-state index contributed by atoms with van der Waals surface area (Å²) in [5.74, 6) is 0. The van der Waals surface area contributed by atoms with Gasteiger partial charge < -0.3 is 0 Å². The summed E-state index contributed by atoms with van der Waals surface area (Å²) >= 11 is 0. The maximum atomic E-state index is 10.6. The quantitative estimate of drug-likeness (QED) is 0.593. The van der Waals surface area contributed by atoms with Gasteiger partial charge in [-0.15, -0.1) is 6.58 Å². The van der Waals surface area contributed by atoms with E-state index in [-0.39, 0.29) is 4.90 Å². The van der Waals surface area contributed by atoms with Gasteiger partial charge in [-0.25, -0.2) is 0 Å². The lowest BCUT2D eigenvalue weighted by Gasteiger charge is -1.98. The molecule has 3 nitrogen and oxygen atoms in total. The van der Waals surface area contributed by atoms with Crippen LogP contribution in [0.2, 0.25) is 0 Å². The molecule has 0 atom stereocenters. The summed E-state index contributed by atoms with van der Waals surface area (Å²) < 4.78 is 29.9. The van der Waals surface area contributed by atoms with Crippen LogP contribution < -0.4 is 0 Å². The van der Waals surface area contributed by atoms with Crippen LogP contribution in [0.25, 0.3) is 0 Å². The van der Waals surface area contributed by atoms with Gasteiger partial charge in [0.25, 0.3) is 10.1 Å². The Labute approximate surface area is 77.5 Å². The first-order valence-corrected chi connectivity index (χ1v) is 5.15. The summed E-state index contributed by atoms with van der Waals surface area (Å²) in [6.45, 7) is 3.56. The van der Waals surface area contributed by atoms with Crippen LogP contribution in [-0.4, -0.2) is 13.0 Å². The average Bonchev–Trinajstić information content (AvgIpc) is 2.04. The standard InChI is InChI=1S/C9H10O3S/c1-2-3-8-4-6-9(7-5-8)13(10,11)12/h2,4-7H,1,3H2,(H,10,11,12). The van der Waals surface area contributed by atoms with E-state index in [1.165, 1.54) is 12.1 Å². The van der Waals surface area contributed by atoms with E-state index < -0.39 is 10.1 Å². The smallest absolute Gasteiger partial charge is 0.282 e. The van der Waals surface area contributed by atoms with Gasteiger partial charge in [0.15, 0.2) is 0 Å². The normalized spacial score (nSPS) is 11.2. The van der Waals surface area contributed by atoms with Crippen LogP contribution in [0, 0.1) is 0 Å². The van der Waals surface area contributed by atoms with Crippen molar-refractivity contribution in [2.75, 3.05) is 0 Å². The minimum atomic E-state index is -4.06. The molecule has 0 spiro atoms. The summed E-state index contributed by atoms with van der Waals surface area (Å²) in [7, 11) is -4.06. The monoisotopic (exact) mass is 198 g/mol. The average molecular weight is 198 g/mol. The van der Waals surface area contributed by atoms with Gasteiger partial charge in [0.1, 0.15) is 0 Å². The van der Waals surface area contributed by atoms with Crippen LogP contribution >= 0.6 is 0 Å². The van der Waals surface area contributed by atoms with Crippen LogP contribution in [0.5, 0.6) is 0 Å². The third-order valence-electron chi connectivity index (χ3n) is 1.60. The maximum absolute atomic E-state index is 10.6. The number of benzene rings is 1. The molecule has 0 aromatic heterocycles. The highest BCUT2D eigenvalue weighted by Gasteiger charge is 2.07. The zero-order valence-electron chi connectivity index (χ0n) is 6.97. The second kappa shape index (κ2) is 3.72. The van der Waals surface area contributed by atoms with Crippen molar-refractivity contribution in [1.82, 2.24) is 0 Å². The molecule has 70 valence electrons. The second-order valence-electron chi connectivity index (χ2n) is 2.61. The van der Waals surface area contributed by atoms with Gasteiger partial charge >= 0.3 is 0 Å². The van der Waals surface area contributed by atoms with Gasteiger partial charge in [-0.3, -0.25) is 4.55 Å². The topological polar surface area (TPSA) is 54.4 Å². The molecular formula is C9H10O3S. The first kappa shape index (κ1) is 9.95. The highest BCUT2D eigenvalue weighted by atomic mass is 32.2. The van der Waals surface area contributed by atoms with Crippen molar-refractivity contribution in [2.24, 2.45) is 0 Å². The Morgan fingerprint density at radius 1 is 1.31 bits per heavy atom. The van der Waals surface area contributed by atoms with Crippen molar-refractivity contribution in [1.29, 1.82) is 0 Å². The van der Waals surface area contributed by atoms with E-state index in [2.05, 4.69) is 6.58 Å². The molecule has 0 saturated carbocycles. The molecule has 0 aliphatic heterocycles. The molecule has 0 amide bonds. The van der Waals surface area contributed by atoms with Crippen LogP contribution in [0.4, 0.5) is 0 Å². The van der Waals surface area contributed by atoms with Gasteiger partial charge in [-0.05, 0) is 24.1 Å². The molecule has 1 aromatic rings. The van der Waals surface area contributed by atoms with Crippen LogP contribution in [0.15, 0.2) is 41.8 Å². The van der Waals surface area contributed by atoms with E-state index in [1.807, 2.05) is 0 Å². The van der Waals surface area contributed by atoms with E-state index in [9.17, 15) is 8.42 Å². The van der Waals surface area contributed by atoms with Crippen LogP contribution in [0.1, 0.15) is 5.56 Å². The zero-order chi connectivity index (χ0) is 9.90. The highest BCUT2D eigenvalue weighted by Crippen LogP contribution is 2.10. The van der Waals surface area contributed by atoms with Crippen molar-refractivity contribution in [3.63, 3.8) is 0 Å². The minimum absolute atomic E-state index is 0.0830. The number of rotatable bonds is 3. The maximum Gasteiger partial charge on any atom is 0.294 e. The fraction of sp³-hybridized carbons (Fsp3) is 0.111. The predicted octanol–water partition coefficient (Wildman–Crippen LogP) is 1.66. The molecule has 0 aliphatic carbocycles. The van der Waals surface area contributed by atoms with Gasteiger partial charge in [-0.1, -0.05) is 18.2 Å². The summed E-state index contributed by atoms with van der Waals surface area (Å²) in [5, 5.41) is 0. The Morgan fingerprint density at radius 2 is 1.85 bits per heavy atom. The molecule has 1 N–H and O–H groups in total. The number of hydrogen-bond acceptors (Lipinski definition) is 2. The Bertz CT molecular complexity index is 389. The SMILES string of the molecule is C=CCc1ccc(S(=O)(=O)O)cc1. The van der Waals surface area contributed by atoms with Crippen molar-refractivity contribution >= 4 is 10.1 Å². The van der Waals surface area contributed by atoms with Crippen LogP contribution in [-0.2, 0) is 16.5 Å². The Hall–Kier alpha value is -1.13. The highest BCUT2D eigenvalue weighted by molar-refractivity contribution is 7.85. The Morgan fingerprint density at radius 3 is 2.23 bits per heavy atom. The number of allylic oxidation sites excluding steroid dienone is 1.